The van der Waals surface area contributed by atoms with Crippen LogP contribution in [0.2, 0.25) is 5.15 Å². The fourth-order valence-electron chi connectivity index (χ4n) is 1.02. The molecule has 4 N–H and O–H groups in total. The minimum Gasteiger partial charge on any atom is -0.320 e. The lowest BCUT2D eigenvalue weighted by molar-refractivity contribution is -0.117. The zero-order chi connectivity index (χ0) is 10.6. The van der Waals surface area contributed by atoms with Crippen LogP contribution in [0.15, 0.2) is 6.07 Å². The maximum atomic E-state index is 11.4. The Hall–Kier alpha value is -0.780. The number of halogens is 2. The van der Waals surface area contributed by atoms with Gasteiger partial charge in [0, 0.05) is 6.07 Å². The number of aromatic nitrogens is 2. The van der Waals surface area contributed by atoms with Crippen molar-refractivity contribution in [2.24, 2.45) is 5.73 Å². The fourth-order valence-corrected chi connectivity index (χ4v) is 1.17. The van der Waals surface area contributed by atoms with E-state index in [1.54, 1.807) is 0 Å². The molecule has 86 valence electrons. The number of hydrogen-bond acceptors (Lipinski definition) is 3. The van der Waals surface area contributed by atoms with Crippen LogP contribution in [0.5, 0.6) is 0 Å². The summed E-state index contributed by atoms with van der Waals surface area (Å²) in [5.41, 5.74) is 5.60. The second-order valence-electron chi connectivity index (χ2n) is 2.99. The molecule has 0 spiro atoms. The summed E-state index contributed by atoms with van der Waals surface area (Å²) in [6.07, 6.45) is 1.53. The van der Waals surface area contributed by atoms with E-state index in [2.05, 4.69) is 15.5 Å². The lowest BCUT2D eigenvalue weighted by atomic mass is 10.2. The molecule has 1 amide bonds. The van der Waals surface area contributed by atoms with Crippen molar-refractivity contribution in [2.75, 3.05) is 5.32 Å². The van der Waals surface area contributed by atoms with E-state index in [1.165, 1.54) is 6.07 Å². The molecular formula is C8H14Cl2N4O. The van der Waals surface area contributed by atoms with Crippen LogP contribution in [0.25, 0.3) is 0 Å². The first-order chi connectivity index (χ1) is 6.63. The number of nitrogens with two attached hydrogens (primary N) is 1. The summed E-state index contributed by atoms with van der Waals surface area (Å²) in [5.74, 6) is 0.154. The van der Waals surface area contributed by atoms with E-state index in [0.717, 1.165) is 6.42 Å². The Morgan fingerprint density at radius 1 is 1.80 bits per heavy atom. The number of rotatable bonds is 4. The van der Waals surface area contributed by atoms with Gasteiger partial charge in [0.2, 0.25) is 5.91 Å². The van der Waals surface area contributed by atoms with Crippen LogP contribution in [0.1, 0.15) is 19.8 Å². The molecule has 0 aliphatic rings. The number of nitrogens with zero attached hydrogens (tertiary/aromatic N) is 1. The Morgan fingerprint density at radius 2 is 2.47 bits per heavy atom. The van der Waals surface area contributed by atoms with Gasteiger partial charge in [0.1, 0.15) is 5.15 Å². The topological polar surface area (TPSA) is 83.8 Å². The van der Waals surface area contributed by atoms with E-state index in [-0.39, 0.29) is 18.3 Å². The summed E-state index contributed by atoms with van der Waals surface area (Å²) in [5, 5.41) is 9.19. The molecule has 0 bridgehead atoms. The number of amides is 1. The van der Waals surface area contributed by atoms with Gasteiger partial charge in [-0.1, -0.05) is 24.9 Å². The van der Waals surface area contributed by atoms with Gasteiger partial charge in [-0.25, -0.2) is 0 Å². The Labute approximate surface area is 99.2 Å². The van der Waals surface area contributed by atoms with Gasteiger partial charge in [0.05, 0.1) is 6.04 Å². The van der Waals surface area contributed by atoms with Crippen molar-refractivity contribution in [3.63, 3.8) is 0 Å². The van der Waals surface area contributed by atoms with Crippen molar-refractivity contribution in [1.82, 2.24) is 10.2 Å². The highest BCUT2D eigenvalue weighted by atomic mass is 35.5. The molecule has 15 heavy (non-hydrogen) atoms. The van der Waals surface area contributed by atoms with Gasteiger partial charge >= 0.3 is 0 Å². The van der Waals surface area contributed by atoms with Gasteiger partial charge in [-0.15, -0.1) is 12.4 Å². The fraction of sp³-hybridized carbons (Fsp3) is 0.500. The molecule has 0 fully saturated rings. The zero-order valence-corrected chi connectivity index (χ0v) is 9.86. The summed E-state index contributed by atoms with van der Waals surface area (Å²) in [7, 11) is 0. The van der Waals surface area contributed by atoms with Crippen LogP contribution in [0.4, 0.5) is 5.82 Å². The first-order valence-corrected chi connectivity index (χ1v) is 4.78. The number of hydrogen-bond donors (Lipinski definition) is 3. The van der Waals surface area contributed by atoms with Gasteiger partial charge in [0.25, 0.3) is 0 Å². The highest BCUT2D eigenvalue weighted by Crippen LogP contribution is 2.10. The number of carbonyl (C=O) groups is 1. The van der Waals surface area contributed by atoms with E-state index < -0.39 is 6.04 Å². The largest absolute Gasteiger partial charge is 0.320 e. The van der Waals surface area contributed by atoms with E-state index >= 15 is 0 Å². The molecule has 5 nitrogen and oxygen atoms in total. The molecule has 1 aromatic rings. The molecule has 0 aliphatic carbocycles. The van der Waals surface area contributed by atoms with Crippen LogP contribution in [0.3, 0.4) is 0 Å². The molecule has 1 heterocycles. The molecule has 1 atom stereocenters. The second-order valence-corrected chi connectivity index (χ2v) is 3.39. The van der Waals surface area contributed by atoms with Crippen molar-refractivity contribution >= 4 is 35.7 Å². The average molecular weight is 253 g/mol. The van der Waals surface area contributed by atoms with Crippen molar-refractivity contribution < 1.29 is 4.79 Å². The van der Waals surface area contributed by atoms with Crippen LogP contribution in [-0.4, -0.2) is 22.1 Å². The molecule has 1 rings (SSSR count). The molecule has 7 heteroatoms. The molecule has 0 saturated heterocycles. The third-order valence-corrected chi connectivity index (χ3v) is 1.93. The predicted molar refractivity (Wildman–Crippen MR) is 62.4 cm³/mol. The second kappa shape index (κ2) is 6.66. The monoisotopic (exact) mass is 252 g/mol. The molecule has 1 unspecified atom stereocenters. The number of carbonyl (C=O) groups excluding carboxylic acids is 1. The number of anilines is 1. The molecule has 0 radical (unpaired) electrons. The van der Waals surface area contributed by atoms with E-state index in [9.17, 15) is 4.79 Å². The van der Waals surface area contributed by atoms with Gasteiger partial charge in [-0.3, -0.25) is 9.89 Å². The van der Waals surface area contributed by atoms with Gasteiger partial charge in [-0.2, -0.15) is 5.10 Å². The highest BCUT2D eigenvalue weighted by Gasteiger charge is 2.13. The summed E-state index contributed by atoms with van der Waals surface area (Å²) in [4.78, 5) is 11.4. The number of aromatic amines is 1. The molecule has 1 aromatic heterocycles. The maximum absolute atomic E-state index is 11.4. The lowest BCUT2D eigenvalue weighted by Gasteiger charge is -2.08. The van der Waals surface area contributed by atoms with Crippen molar-refractivity contribution in [2.45, 2.75) is 25.8 Å². The van der Waals surface area contributed by atoms with E-state index in [0.29, 0.717) is 17.4 Å². The van der Waals surface area contributed by atoms with Crippen LogP contribution >= 0.6 is 24.0 Å². The average Bonchev–Trinajstić information content (AvgIpc) is 2.51. The van der Waals surface area contributed by atoms with Crippen LogP contribution in [-0.2, 0) is 4.79 Å². The standard InChI is InChI=1S/C8H13ClN4O.ClH/c1-2-3-5(10)8(14)11-7-4-6(9)12-13-7;/h4-5H,2-3,10H2,1H3,(H2,11,12,13,14);1H. The quantitative estimate of drug-likeness (QED) is 0.761. The van der Waals surface area contributed by atoms with E-state index in [4.69, 9.17) is 17.3 Å². The Balaban J connectivity index is 0.00000196. The minimum absolute atomic E-state index is 0. The molecule has 0 saturated carbocycles. The minimum atomic E-state index is -0.490. The maximum Gasteiger partial charge on any atom is 0.242 e. The van der Waals surface area contributed by atoms with Gasteiger partial charge < -0.3 is 11.1 Å². The van der Waals surface area contributed by atoms with Crippen LogP contribution in [0, 0.1) is 0 Å². The van der Waals surface area contributed by atoms with Crippen molar-refractivity contribution in [3.05, 3.63) is 11.2 Å². The van der Waals surface area contributed by atoms with Gasteiger partial charge in [0.15, 0.2) is 5.82 Å². The first-order valence-electron chi connectivity index (χ1n) is 4.41. The molecule has 0 aromatic carbocycles. The first kappa shape index (κ1) is 14.2. The van der Waals surface area contributed by atoms with Crippen molar-refractivity contribution in [1.29, 1.82) is 0 Å². The third kappa shape index (κ3) is 4.51. The summed E-state index contributed by atoms with van der Waals surface area (Å²) in [6, 6.07) is 1.04. The highest BCUT2D eigenvalue weighted by molar-refractivity contribution is 6.29. The normalized spacial score (nSPS) is 11.7. The SMILES string of the molecule is CCCC(N)C(=O)Nc1cc(Cl)[nH]n1.Cl. The van der Waals surface area contributed by atoms with E-state index in [1.807, 2.05) is 6.92 Å². The molecular weight excluding hydrogens is 239 g/mol. The Morgan fingerprint density at radius 3 is 2.93 bits per heavy atom. The summed E-state index contributed by atoms with van der Waals surface area (Å²) < 4.78 is 0. The summed E-state index contributed by atoms with van der Waals surface area (Å²) >= 11 is 5.58. The smallest absolute Gasteiger partial charge is 0.242 e. The number of H-pyrrole nitrogens is 1. The summed E-state index contributed by atoms with van der Waals surface area (Å²) in [6.45, 7) is 1.97. The Bertz CT molecular complexity index is 315. The zero-order valence-electron chi connectivity index (χ0n) is 8.29. The Kier molecular flexibility index (Phi) is 6.31. The van der Waals surface area contributed by atoms with Crippen LogP contribution < -0.4 is 11.1 Å². The van der Waals surface area contributed by atoms with Gasteiger partial charge in [-0.05, 0) is 6.42 Å². The predicted octanol–water partition coefficient (Wildman–Crippen LogP) is 1.55. The number of nitrogens with one attached hydrogen (secondary N) is 2. The molecule has 0 aliphatic heterocycles. The third-order valence-electron chi connectivity index (χ3n) is 1.73. The van der Waals surface area contributed by atoms with Crippen molar-refractivity contribution in [3.8, 4) is 0 Å². The lowest BCUT2D eigenvalue weighted by Crippen LogP contribution is -2.35.